The lowest BCUT2D eigenvalue weighted by Gasteiger charge is -2.34. The van der Waals surface area contributed by atoms with Crippen molar-refractivity contribution in [3.63, 3.8) is 0 Å². The van der Waals surface area contributed by atoms with Gasteiger partial charge >= 0.3 is 5.97 Å². The minimum absolute atomic E-state index is 0.0491. The molecule has 0 spiro atoms. The predicted molar refractivity (Wildman–Crippen MR) is 140 cm³/mol. The van der Waals surface area contributed by atoms with Gasteiger partial charge in [-0.2, -0.15) is 0 Å². The van der Waals surface area contributed by atoms with Crippen LogP contribution in [0.25, 0.3) is 6.08 Å². The Morgan fingerprint density at radius 2 is 2.00 bits per heavy atom. The molecule has 3 atom stereocenters. The molecule has 0 unspecified atom stereocenters. The number of rotatable bonds is 6. The molecule has 0 bridgehead atoms. The van der Waals surface area contributed by atoms with Gasteiger partial charge in [0.2, 0.25) is 0 Å². The number of ether oxygens (including phenoxy) is 2. The maximum absolute atomic E-state index is 12.1. The molecular weight excluding hydrogens is 434 g/mol. The summed E-state index contributed by atoms with van der Waals surface area (Å²) in [6.45, 7) is 4.97. The number of carbonyl (C=O) groups is 1. The molecule has 4 heteroatoms. The Balaban J connectivity index is 1.35. The summed E-state index contributed by atoms with van der Waals surface area (Å²) in [6, 6.07) is 21.3. The average Bonchev–Trinajstić information content (AvgIpc) is 2.90. The van der Waals surface area contributed by atoms with E-state index in [9.17, 15) is 4.79 Å². The van der Waals surface area contributed by atoms with Gasteiger partial charge in [0.15, 0.2) is 0 Å². The van der Waals surface area contributed by atoms with Gasteiger partial charge in [0.25, 0.3) is 0 Å². The quantitative estimate of drug-likeness (QED) is 0.428. The molecule has 0 amide bonds. The van der Waals surface area contributed by atoms with Gasteiger partial charge in [-0.15, -0.1) is 0 Å². The number of fused-ring (bicyclic) bond motifs is 2. The summed E-state index contributed by atoms with van der Waals surface area (Å²) in [6.07, 6.45) is 7.71. The highest BCUT2D eigenvalue weighted by Gasteiger charge is 2.30. The molecule has 180 valence electrons. The Labute approximate surface area is 208 Å². The first kappa shape index (κ1) is 23.4. The molecule has 4 nitrogen and oxygen atoms in total. The summed E-state index contributed by atoms with van der Waals surface area (Å²) in [7, 11) is 1.42. The van der Waals surface area contributed by atoms with Crippen LogP contribution in [0.1, 0.15) is 75.5 Å². The van der Waals surface area contributed by atoms with Crippen molar-refractivity contribution < 1.29 is 14.3 Å². The molecule has 0 radical (unpaired) electrons. The van der Waals surface area contributed by atoms with Crippen molar-refractivity contribution in [2.45, 2.75) is 51.2 Å². The van der Waals surface area contributed by atoms with Gasteiger partial charge in [-0.05, 0) is 73.1 Å². The van der Waals surface area contributed by atoms with Gasteiger partial charge in [0.1, 0.15) is 11.9 Å². The van der Waals surface area contributed by atoms with Crippen molar-refractivity contribution in [3.05, 3.63) is 106 Å². The molecule has 1 heterocycles. The van der Waals surface area contributed by atoms with Gasteiger partial charge < -0.3 is 14.8 Å². The van der Waals surface area contributed by atoms with Gasteiger partial charge in [-0.1, -0.05) is 60.7 Å². The third-order valence-corrected chi connectivity index (χ3v) is 7.36. The number of methoxy groups -OCH3 is 1. The number of benzene rings is 3. The van der Waals surface area contributed by atoms with Crippen molar-refractivity contribution in [1.29, 1.82) is 0 Å². The molecular formula is C31H33NO3. The van der Waals surface area contributed by atoms with Crippen molar-refractivity contribution >= 4 is 12.0 Å². The van der Waals surface area contributed by atoms with E-state index in [-0.39, 0.29) is 24.0 Å². The van der Waals surface area contributed by atoms with E-state index >= 15 is 0 Å². The minimum atomic E-state index is -0.296. The Kier molecular flexibility index (Phi) is 6.74. The molecule has 1 aliphatic carbocycles. The van der Waals surface area contributed by atoms with Crippen LogP contribution in [0, 0.1) is 6.92 Å². The number of nitrogens with one attached hydrogen (secondary N) is 1. The van der Waals surface area contributed by atoms with E-state index in [2.05, 4.69) is 72.9 Å². The lowest BCUT2D eigenvalue weighted by atomic mass is 9.83. The number of allylic oxidation sites excluding steroid dienone is 1. The molecule has 0 saturated heterocycles. The average molecular weight is 468 g/mol. The van der Waals surface area contributed by atoms with Crippen LogP contribution in [0.3, 0.4) is 0 Å². The standard InChI is InChI=1S/C31H33NO3/c1-20-17-23(15-16-25(20)31(33)34-3)29-18-24(35-30-14-7-6-12-28(29)30)19-32-21(2)26-13-8-10-22-9-4-5-11-27(22)26/h5-8,10-17,21,24,29,32H,4,9,18-19H2,1-3H3/t21-,24-,29-/m1/s1. The fourth-order valence-corrected chi connectivity index (χ4v) is 5.47. The van der Waals surface area contributed by atoms with Crippen LogP contribution >= 0.6 is 0 Å². The number of esters is 1. The zero-order valence-corrected chi connectivity index (χ0v) is 20.7. The Hall–Kier alpha value is -3.37. The highest BCUT2D eigenvalue weighted by atomic mass is 16.5. The summed E-state index contributed by atoms with van der Waals surface area (Å²) >= 11 is 0. The van der Waals surface area contributed by atoms with Crippen molar-refractivity contribution in [3.8, 4) is 5.75 Å². The highest BCUT2D eigenvalue weighted by Crippen LogP contribution is 2.41. The number of carbonyl (C=O) groups excluding carboxylic acids is 1. The first-order valence-electron chi connectivity index (χ1n) is 12.5. The zero-order valence-electron chi connectivity index (χ0n) is 20.7. The summed E-state index contributed by atoms with van der Waals surface area (Å²) in [5.41, 5.74) is 8.10. The summed E-state index contributed by atoms with van der Waals surface area (Å²) in [5, 5.41) is 3.74. The topological polar surface area (TPSA) is 47.6 Å². The highest BCUT2D eigenvalue weighted by molar-refractivity contribution is 5.91. The molecule has 0 saturated carbocycles. The SMILES string of the molecule is COC(=O)c1ccc([C@H]2C[C@H](CN[C@H](C)c3cccc4c3C=CCC4)Oc3ccccc32)cc1C. The largest absolute Gasteiger partial charge is 0.489 e. The Morgan fingerprint density at radius 3 is 2.83 bits per heavy atom. The summed E-state index contributed by atoms with van der Waals surface area (Å²) < 4.78 is 11.4. The minimum Gasteiger partial charge on any atom is -0.489 e. The first-order chi connectivity index (χ1) is 17.0. The number of hydrogen-bond donors (Lipinski definition) is 1. The Morgan fingerprint density at radius 1 is 1.14 bits per heavy atom. The van der Waals surface area contributed by atoms with E-state index in [0.717, 1.165) is 37.1 Å². The first-order valence-corrected chi connectivity index (χ1v) is 12.5. The molecule has 3 aromatic rings. The van der Waals surface area contributed by atoms with E-state index in [1.807, 2.05) is 19.1 Å². The van der Waals surface area contributed by atoms with E-state index in [0.29, 0.717) is 5.56 Å². The molecule has 3 aromatic carbocycles. The maximum atomic E-state index is 12.1. The van der Waals surface area contributed by atoms with E-state index in [1.54, 1.807) is 0 Å². The third kappa shape index (κ3) is 4.76. The zero-order chi connectivity index (χ0) is 24.4. The normalized spacial score (nSPS) is 19.3. The molecule has 5 rings (SSSR count). The molecule has 0 aromatic heterocycles. The van der Waals surface area contributed by atoms with E-state index in [4.69, 9.17) is 9.47 Å². The molecule has 2 aliphatic rings. The molecule has 35 heavy (non-hydrogen) atoms. The smallest absolute Gasteiger partial charge is 0.338 e. The van der Waals surface area contributed by atoms with Crippen LogP contribution in [0.4, 0.5) is 0 Å². The van der Waals surface area contributed by atoms with Crippen LogP contribution in [0.2, 0.25) is 0 Å². The van der Waals surface area contributed by atoms with Crippen LogP contribution in [-0.4, -0.2) is 25.7 Å². The molecule has 0 fully saturated rings. The number of para-hydroxylation sites is 1. The number of hydrogen-bond acceptors (Lipinski definition) is 4. The van der Waals surface area contributed by atoms with E-state index in [1.165, 1.54) is 34.9 Å². The van der Waals surface area contributed by atoms with Gasteiger partial charge in [-0.3, -0.25) is 0 Å². The fraction of sp³-hybridized carbons (Fsp3) is 0.323. The second kappa shape index (κ2) is 10.1. The monoisotopic (exact) mass is 467 g/mol. The van der Waals surface area contributed by atoms with Gasteiger partial charge in [-0.25, -0.2) is 4.79 Å². The number of aryl methyl sites for hydroxylation is 2. The van der Waals surface area contributed by atoms with Gasteiger partial charge in [0.05, 0.1) is 12.7 Å². The maximum Gasteiger partial charge on any atom is 0.338 e. The van der Waals surface area contributed by atoms with Crippen molar-refractivity contribution in [2.75, 3.05) is 13.7 Å². The Bertz CT molecular complexity index is 1260. The van der Waals surface area contributed by atoms with Crippen LogP contribution < -0.4 is 10.1 Å². The fourth-order valence-electron chi connectivity index (χ4n) is 5.47. The second-order valence-electron chi connectivity index (χ2n) is 9.62. The van der Waals surface area contributed by atoms with Crippen LogP contribution in [0.15, 0.2) is 66.7 Å². The predicted octanol–water partition coefficient (Wildman–Crippen LogP) is 6.37. The molecule has 1 N–H and O–H groups in total. The third-order valence-electron chi connectivity index (χ3n) is 7.36. The van der Waals surface area contributed by atoms with Crippen LogP contribution in [0.5, 0.6) is 5.75 Å². The lowest BCUT2D eigenvalue weighted by molar-refractivity contribution is 0.0600. The summed E-state index contributed by atoms with van der Waals surface area (Å²) in [4.78, 5) is 12.1. The van der Waals surface area contributed by atoms with Gasteiger partial charge in [0, 0.05) is 24.1 Å². The second-order valence-corrected chi connectivity index (χ2v) is 9.62. The van der Waals surface area contributed by atoms with E-state index < -0.39 is 0 Å². The van der Waals surface area contributed by atoms with Crippen molar-refractivity contribution in [1.82, 2.24) is 5.32 Å². The summed E-state index contributed by atoms with van der Waals surface area (Å²) in [5.74, 6) is 0.855. The van der Waals surface area contributed by atoms with Crippen molar-refractivity contribution in [2.24, 2.45) is 0 Å². The molecule has 1 aliphatic heterocycles. The lowest BCUT2D eigenvalue weighted by Crippen LogP contribution is -2.37. The van der Waals surface area contributed by atoms with Crippen LogP contribution in [-0.2, 0) is 11.2 Å².